The number of aliphatic hydroxyl groups is 1. The van der Waals surface area contributed by atoms with Gasteiger partial charge in [-0.05, 0) is 75.3 Å². The van der Waals surface area contributed by atoms with E-state index < -0.39 is 24.1 Å². The van der Waals surface area contributed by atoms with Gasteiger partial charge in [-0.25, -0.2) is 4.98 Å². The molecular formula is C29H38ClF3N4O3. The average Bonchev–Trinajstić information content (AvgIpc) is 2.92. The van der Waals surface area contributed by atoms with Gasteiger partial charge in [0.1, 0.15) is 5.15 Å². The van der Waals surface area contributed by atoms with Crippen molar-refractivity contribution in [2.24, 2.45) is 24.8 Å². The molecule has 1 aliphatic heterocycles. The number of halogens is 4. The summed E-state index contributed by atoms with van der Waals surface area (Å²) < 4.78 is 43.2. The highest BCUT2D eigenvalue weighted by Crippen LogP contribution is 2.43. The number of hydrogen-bond acceptors (Lipinski definition) is 5. The van der Waals surface area contributed by atoms with Crippen molar-refractivity contribution < 1.29 is 23.1 Å². The zero-order chi connectivity index (χ0) is 28.8. The van der Waals surface area contributed by atoms with Crippen LogP contribution in [0.15, 0.2) is 23.1 Å². The molecule has 2 saturated carbocycles. The van der Waals surface area contributed by atoms with Crippen LogP contribution in [-0.2, 0) is 11.8 Å². The van der Waals surface area contributed by atoms with Crippen LogP contribution in [0.4, 0.5) is 13.2 Å². The summed E-state index contributed by atoms with van der Waals surface area (Å²) in [5.74, 6) is -2.45. The number of aromatic nitrogens is 2. The summed E-state index contributed by atoms with van der Waals surface area (Å²) in [6, 6.07) is 2.98. The number of amides is 1. The Labute approximate surface area is 237 Å². The van der Waals surface area contributed by atoms with Gasteiger partial charge in [0.2, 0.25) is 5.91 Å². The first-order valence-corrected chi connectivity index (χ1v) is 14.7. The highest BCUT2D eigenvalue weighted by molar-refractivity contribution is 6.30. The number of fused-ring (bicyclic) bond motifs is 1. The summed E-state index contributed by atoms with van der Waals surface area (Å²) >= 11 is 6.04. The molecule has 6 unspecified atom stereocenters. The zero-order valence-electron chi connectivity index (χ0n) is 23.0. The van der Waals surface area contributed by atoms with Crippen LogP contribution in [0.1, 0.15) is 69.8 Å². The number of carbonyl (C=O) groups is 1. The maximum Gasteiger partial charge on any atom is 0.391 e. The second-order valence-corrected chi connectivity index (χ2v) is 12.6. The second kappa shape index (κ2) is 11.6. The van der Waals surface area contributed by atoms with E-state index >= 15 is 0 Å². The molecule has 2 N–H and O–H groups in total. The highest BCUT2D eigenvalue weighted by Gasteiger charge is 2.48. The molecule has 5 rings (SSSR count). The quantitative estimate of drug-likeness (QED) is 0.507. The lowest BCUT2D eigenvalue weighted by Crippen LogP contribution is -2.51. The predicted octanol–water partition coefficient (Wildman–Crippen LogP) is 4.78. The highest BCUT2D eigenvalue weighted by atomic mass is 35.5. The van der Waals surface area contributed by atoms with E-state index in [1.54, 1.807) is 23.9 Å². The van der Waals surface area contributed by atoms with E-state index in [-0.39, 0.29) is 48.2 Å². The van der Waals surface area contributed by atoms with Crippen LogP contribution in [0.5, 0.6) is 0 Å². The van der Waals surface area contributed by atoms with Gasteiger partial charge >= 0.3 is 6.18 Å². The van der Waals surface area contributed by atoms with E-state index in [0.717, 1.165) is 18.2 Å². The summed E-state index contributed by atoms with van der Waals surface area (Å²) in [4.78, 5) is 33.0. The molecule has 220 valence electrons. The van der Waals surface area contributed by atoms with Gasteiger partial charge in [-0.1, -0.05) is 18.5 Å². The molecule has 11 heteroatoms. The molecule has 3 aliphatic rings. The first-order valence-electron chi connectivity index (χ1n) is 14.3. The van der Waals surface area contributed by atoms with Crippen molar-refractivity contribution in [1.82, 2.24) is 19.8 Å². The van der Waals surface area contributed by atoms with Crippen LogP contribution in [0.3, 0.4) is 0 Å². The number of likely N-dealkylation sites (tertiary alicyclic amines) is 1. The van der Waals surface area contributed by atoms with Gasteiger partial charge in [0.05, 0.1) is 17.5 Å². The van der Waals surface area contributed by atoms with Crippen LogP contribution < -0.4 is 10.9 Å². The van der Waals surface area contributed by atoms with E-state index in [0.29, 0.717) is 55.0 Å². The maximum absolute atomic E-state index is 13.9. The van der Waals surface area contributed by atoms with Crippen LogP contribution in [0.2, 0.25) is 5.15 Å². The molecule has 1 amide bonds. The van der Waals surface area contributed by atoms with Gasteiger partial charge < -0.3 is 19.9 Å². The molecule has 2 aromatic heterocycles. The third-order valence-corrected chi connectivity index (χ3v) is 9.78. The van der Waals surface area contributed by atoms with Crippen molar-refractivity contribution >= 4 is 28.4 Å². The third kappa shape index (κ3) is 6.19. The van der Waals surface area contributed by atoms with E-state index in [9.17, 15) is 27.9 Å². The number of piperidine rings is 1. The molecule has 2 aliphatic carbocycles. The molecule has 40 heavy (non-hydrogen) atoms. The Morgan fingerprint density at radius 2 is 1.82 bits per heavy atom. The summed E-state index contributed by atoms with van der Waals surface area (Å²) in [7, 11) is 1.71. The van der Waals surface area contributed by atoms with Gasteiger partial charge in [-0.2, -0.15) is 13.2 Å². The Morgan fingerprint density at radius 3 is 2.52 bits per heavy atom. The number of nitrogens with one attached hydrogen (secondary N) is 1. The molecule has 0 bridgehead atoms. The van der Waals surface area contributed by atoms with Crippen molar-refractivity contribution in [3.05, 3.63) is 39.4 Å². The number of aryl methyl sites for hydroxylation is 1. The number of pyridine rings is 2. The van der Waals surface area contributed by atoms with E-state index in [1.165, 1.54) is 0 Å². The minimum absolute atomic E-state index is 0.00226. The number of nitrogens with zero attached hydrogens (tertiary/aromatic N) is 3. The average molecular weight is 583 g/mol. The van der Waals surface area contributed by atoms with Crippen molar-refractivity contribution in [1.29, 1.82) is 0 Å². The van der Waals surface area contributed by atoms with Gasteiger partial charge in [0, 0.05) is 55.3 Å². The molecule has 6 atom stereocenters. The zero-order valence-corrected chi connectivity index (χ0v) is 23.7. The predicted molar refractivity (Wildman–Crippen MR) is 147 cm³/mol. The maximum atomic E-state index is 13.9. The normalized spacial score (nSPS) is 30.9. The largest absolute Gasteiger partial charge is 0.393 e. The fourth-order valence-corrected chi connectivity index (χ4v) is 7.31. The monoisotopic (exact) mass is 582 g/mol. The summed E-state index contributed by atoms with van der Waals surface area (Å²) in [6.07, 6.45) is 0.230. The Kier molecular flexibility index (Phi) is 8.51. The van der Waals surface area contributed by atoms with E-state index in [4.69, 9.17) is 11.6 Å². The van der Waals surface area contributed by atoms with Crippen LogP contribution in [0.25, 0.3) is 10.9 Å². The van der Waals surface area contributed by atoms with E-state index in [1.807, 2.05) is 11.0 Å². The number of rotatable bonds is 4. The lowest BCUT2D eigenvalue weighted by atomic mass is 9.73. The second-order valence-electron chi connectivity index (χ2n) is 12.2. The molecule has 0 radical (unpaired) electrons. The van der Waals surface area contributed by atoms with Crippen molar-refractivity contribution in [2.45, 2.75) is 88.6 Å². The first-order chi connectivity index (χ1) is 18.9. The number of alkyl halides is 3. The molecule has 0 aromatic carbocycles. The molecular weight excluding hydrogens is 545 g/mol. The fourth-order valence-electron chi connectivity index (χ4n) is 7.16. The van der Waals surface area contributed by atoms with E-state index in [2.05, 4.69) is 17.2 Å². The minimum Gasteiger partial charge on any atom is -0.393 e. The molecule has 3 fully saturated rings. The van der Waals surface area contributed by atoms with Crippen molar-refractivity contribution in [2.75, 3.05) is 13.1 Å². The van der Waals surface area contributed by atoms with Crippen molar-refractivity contribution in [3.63, 3.8) is 0 Å². The van der Waals surface area contributed by atoms with Crippen LogP contribution >= 0.6 is 11.6 Å². The summed E-state index contributed by atoms with van der Waals surface area (Å²) in [5.41, 5.74) is 1.23. The van der Waals surface area contributed by atoms with Gasteiger partial charge in [0.25, 0.3) is 5.56 Å². The Hall–Kier alpha value is -2.17. The lowest BCUT2D eigenvalue weighted by molar-refractivity contribution is -0.192. The molecule has 1 saturated heterocycles. The number of aliphatic hydroxyl groups excluding tert-OH is 1. The van der Waals surface area contributed by atoms with Gasteiger partial charge in [-0.3, -0.25) is 9.59 Å². The molecule has 3 heterocycles. The van der Waals surface area contributed by atoms with Crippen LogP contribution in [0, 0.1) is 17.8 Å². The van der Waals surface area contributed by atoms with Gasteiger partial charge in [0.15, 0.2) is 0 Å². The standard InChI is InChI=1S/C29H38ClF3N4O3/c1-16-3-4-20(13-23(16)24-11-18-15-34-26(30)14-25(18)36(2)28(24)40)35-27(39)17-9-19(29(31,32)33)12-21(10-17)37-7-5-22(38)6-8-37/h11,14-17,19-23,38H,3-10,12-13H2,1-2H3,(H,35,39). The summed E-state index contributed by atoms with van der Waals surface area (Å²) in [5, 5.41) is 14.0. The SMILES string of the molecule is CC1CCC(NC(=O)C2CC(N3CCC(O)CC3)CC(C(F)(F)F)C2)CC1c1cc2cnc(Cl)cc2n(C)c1=O. The smallest absolute Gasteiger partial charge is 0.391 e. The lowest BCUT2D eigenvalue weighted by Gasteiger charge is -2.43. The first kappa shape index (κ1) is 29.3. The Morgan fingerprint density at radius 1 is 1.10 bits per heavy atom. The molecule has 2 aromatic rings. The third-order valence-electron chi connectivity index (χ3n) is 9.58. The Balaban J connectivity index is 1.31. The topological polar surface area (TPSA) is 87.5 Å². The van der Waals surface area contributed by atoms with Crippen LogP contribution in [-0.4, -0.2) is 62.9 Å². The fraction of sp³-hybridized carbons (Fsp3) is 0.690. The van der Waals surface area contributed by atoms with Crippen molar-refractivity contribution in [3.8, 4) is 0 Å². The summed E-state index contributed by atoms with van der Waals surface area (Å²) in [6.45, 7) is 3.20. The minimum atomic E-state index is -4.35. The molecule has 0 spiro atoms. The molecule has 7 nitrogen and oxygen atoms in total. The Bertz CT molecular complexity index is 1290. The number of carbonyl (C=O) groups excluding carboxylic acids is 1. The number of hydrogen-bond donors (Lipinski definition) is 2. The van der Waals surface area contributed by atoms with Gasteiger partial charge in [-0.15, -0.1) is 0 Å².